The molecule has 170 valence electrons. The smallest absolute Gasteiger partial charge is 0.317 e. The number of thiazole rings is 1. The number of carbonyl (C=O) groups excluding carboxylic acids is 1. The highest BCUT2D eigenvalue weighted by Gasteiger charge is 2.55. The van der Waals surface area contributed by atoms with Gasteiger partial charge >= 0.3 is 5.97 Å². The third-order valence-corrected chi connectivity index (χ3v) is 7.02. The third kappa shape index (κ3) is 3.22. The Balaban J connectivity index is 1.74. The van der Waals surface area contributed by atoms with Gasteiger partial charge < -0.3 is 18.9 Å². The largest absolute Gasteiger partial charge is 0.493 e. The molecule has 9 heteroatoms. The predicted molar refractivity (Wildman–Crippen MR) is 122 cm³/mol. The van der Waals surface area contributed by atoms with E-state index in [0.717, 1.165) is 11.1 Å². The summed E-state index contributed by atoms with van der Waals surface area (Å²) in [7, 11) is 4.46. The Labute approximate surface area is 193 Å². The Hall–Kier alpha value is -3.59. The molecule has 3 aromatic rings. The lowest BCUT2D eigenvalue weighted by molar-refractivity contribution is -0.158. The fourth-order valence-corrected chi connectivity index (χ4v) is 5.62. The highest BCUT2D eigenvalue weighted by molar-refractivity contribution is 7.07. The van der Waals surface area contributed by atoms with Crippen molar-refractivity contribution in [1.82, 2.24) is 4.57 Å². The maximum Gasteiger partial charge on any atom is 0.317 e. The lowest BCUT2D eigenvalue weighted by atomic mass is 9.81. The molecule has 0 radical (unpaired) electrons. The lowest BCUT2D eigenvalue weighted by Crippen LogP contribution is -2.58. The molecule has 0 saturated carbocycles. The topological polar surface area (TPSA) is 88.4 Å². The molecule has 2 aliphatic rings. The number of esters is 1. The second kappa shape index (κ2) is 7.77. The number of carbonyl (C=O) groups is 1. The van der Waals surface area contributed by atoms with Gasteiger partial charge in [0.25, 0.3) is 5.56 Å². The zero-order chi connectivity index (χ0) is 23.3. The predicted octanol–water partition coefficient (Wildman–Crippen LogP) is 1.88. The Morgan fingerprint density at radius 2 is 1.91 bits per heavy atom. The molecule has 5 rings (SSSR count). The second-order valence-corrected chi connectivity index (χ2v) is 8.94. The minimum Gasteiger partial charge on any atom is -0.493 e. The van der Waals surface area contributed by atoms with Crippen molar-refractivity contribution in [2.75, 3.05) is 21.3 Å². The van der Waals surface area contributed by atoms with Crippen LogP contribution in [-0.2, 0) is 9.53 Å². The van der Waals surface area contributed by atoms with Gasteiger partial charge in [-0.05, 0) is 36.8 Å². The Kier molecular flexibility index (Phi) is 5.01. The number of aromatic nitrogens is 1. The first-order valence-corrected chi connectivity index (χ1v) is 11.1. The summed E-state index contributed by atoms with van der Waals surface area (Å²) >= 11 is 1.26. The molecule has 0 spiro atoms. The minimum atomic E-state index is -1.19. The molecule has 33 heavy (non-hydrogen) atoms. The van der Waals surface area contributed by atoms with E-state index in [1.165, 1.54) is 18.4 Å². The van der Waals surface area contributed by atoms with Crippen molar-refractivity contribution in [3.05, 3.63) is 73.3 Å². The van der Waals surface area contributed by atoms with Crippen molar-refractivity contribution in [3.8, 4) is 17.2 Å². The summed E-state index contributed by atoms with van der Waals surface area (Å²) in [6, 6.07) is 12.2. The Morgan fingerprint density at radius 1 is 1.15 bits per heavy atom. The zero-order valence-corrected chi connectivity index (χ0v) is 19.3. The van der Waals surface area contributed by atoms with Gasteiger partial charge in [0.2, 0.25) is 5.72 Å². The molecule has 2 aromatic carbocycles. The van der Waals surface area contributed by atoms with Gasteiger partial charge in [-0.3, -0.25) is 14.2 Å². The SMILES string of the molecule is COC(=O)[C@H]1[C@H]2c3ccccc3O[C@@]1(C)N=c1s/c(=C/c3ccc(OC)c(OC)c3)c(=O)n12. The Bertz CT molecular complexity index is 1440. The summed E-state index contributed by atoms with van der Waals surface area (Å²) in [5.74, 6) is 0.487. The first kappa shape index (κ1) is 21.3. The number of hydrogen-bond acceptors (Lipinski definition) is 8. The summed E-state index contributed by atoms with van der Waals surface area (Å²) < 4.78 is 24.0. The highest BCUT2D eigenvalue weighted by atomic mass is 32.1. The fourth-order valence-electron chi connectivity index (χ4n) is 4.53. The van der Waals surface area contributed by atoms with Crippen LogP contribution in [0.15, 0.2) is 52.3 Å². The van der Waals surface area contributed by atoms with Gasteiger partial charge in [0, 0.05) is 5.56 Å². The molecular weight excluding hydrogens is 444 g/mol. The number of nitrogens with zero attached hydrogens (tertiary/aromatic N) is 2. The first-order valence-electron chi connectivity index (χ1n) is 10.3. The van der Waals surface area contributed by atoms with Crippen LogP contribution in [0.5, 0.6) is 17.2 Å². The van der Waals surface area contributed by atoms with Gasteiger partial charge in [-0.1, -0.05) is 35.6 Å². The molecule has 0 saturated heterocycles. The van der Waals surface area contributed by atoms with Gasteiger partial charge in [-0.2, -0.15) is 0 Å². The molecule has 0 unspecified atom stereocenters. The number of hydrogen-bond donors (Lipinski definition) is 0. The van der Waals surface area contributed by atoms with Crippen LogP contribution in [0.2, 0.25) is 0 Å². The van der Waals surface area contributed by atoms with Crippen molar-refractivity contribution in [2.45, 2.75) is 18.7 Å². The molecule has 2 aliphatic heterocycles. The van der Waals surface area contributed by atoms with Gasteiger partial charge in [-0.25, -0.2) is 4.99 Å². The normalized spacial score (nSPS) is 23.0. The van der Waals surface area contributed by atoms with E-state index in [9.17, 15) is 9.59 Å². The number of ether oxygens (including phenoxy) is 4. The summed E-state index contributed by atoms with van der Waals surface area (Å²) in [5, 5.41) is 0. The van der Waals surface area contributed by atoms with Crippen LogP contribution < -0.4 is 29.1 Å². The summed E-state index contributed by atoms with van der Waals surface area (Å²) in [5.41, 5.74) is 0.105. The van der Waals surface area contributed by atoms with E-state index in [1.54, 1.807) is 43.9 Å². The van der Waals surface area contributed by atoms with Crippen molar-refractivity contribution < 1.29 is 23.7 Å². The van der Waals surface area contributed by atoms with Crippen molar-refractivity contribution in [3.63, 3.8) is 0 Å². The molecular formula is C24H22N2O6S. The Morgan fingerprint density at radius 3 is 2.64 bits per heavy atom. The maximum atomic E-state index is 13.6. The number of methoxy groups -OCH3 is 3. The molecule has 3 atom stereocenters. The number of fused-ring (bicyclic) bond motifs is 6. The van der Waals surface area contributed by atoms with Crippen LogP contribution in [0.3, 0.4) is 0 Å². The van der Waals surface area contributed by atoms with E-state index >= 15 is 0 Å². The number of rotatable bonds is 4. The average Bonchev–Trinajstić information content (AvgIpc) is 3.11. The monoisotopic (exact) mass is 466 g/mol. The van der Waals surface area contributed by atoms with E-state index in [1.807, 2.05) is 30.3 Å². The molecule has 8 nitrogen and oxygen atoms in total. The molecule has 0 aliphatic carbocycles. The molecule has 0 N–H and O–H groups in total. The number of benzene rings is 2. The molecule has 1 aromatic heterocycles. The second-order valence-electron chi connectivity index (χ2n) is 7.93. The molecule has 3 heterocycles. The van der Waals surface area contributed by atoms with E-state index in [2.05, 4.69) is 0 Å². The van der Waals surface area contributed by atoms with Crippen LogP contribution in [-0.4, -0.2) is 37.6 Å². The summed E-state index contributed by atoms with van der Waals surface area (Å²) in [6.07, 6.45) is 1.78. The van der Waals surface area contributed by atoms with Crippen LogP contribution in [0.1, 0.15) is 24.1 Å². The van der Waals surface area contributed by atoms with E-state index < -0.39 is 23.7 Å². The van der Waals surface area contributed by atoms with Crippen LogP contribution >= 0.6 is 11.3 Å². The van der Waals surface area contributed by atoms with Crippen LogP contribution in [0.4, 0.5) is 0 Å². The minimum absolute atomic E-state index is 0.230. The highest BCUT2D eigenvalue weighted by Crippen LogP contribution is 2.47. The standard InChI is InChI=1S/C24H22N2O6S/c1-24-19(22(28)31-4)20(14-7-5-6-8-15(14)32-24)26-21(27)18(33-23(26)25-24)12-13-9-10-16(29-2)17(11-13)30-3/h5-12,19-20H,1-4H3/b18-12+/t19-,20-,24-/m1/s1. The van der Waals surface area contributed by atoms with Crippen molar-refractivity contribution in [2.24, 2.45) is 10.9 Å². The zero-order valence-electron chi connectivity index (χ0n) is 18.5. The summed E-state index contributed by atoms with van der Waals surface area (Å²) in [4.78, 5) is 31.7. The number of para-hydroxylation sites is 1. The van der Waals surface area contributed by atoms with Crippen LogP contribution in [0.25, 0.3) is 6.08 Å². The van der Waals surface area contributed by atoms with E-state index in [-0.39, 0.29) is 5.56 Å². The van der Waals surface area contributed by atoms with Gasteiger partial charge in [-0.15, -0.1) is 0 Å². The van der Waals surface area contributed by atoms with Crippen LogP contribution in [0, 0.1) is 5.92 Å². The third-order valence-electron chi connectivity index (χ3n) is 6.04. The first-order chi connectivity index (χ1) is 15.9. The van der Waals surface area contributed by atoms with Crippen molar-refractivity contribution in [1.29, 1.82) is 0 Å². The molecule has 0 amide bonds. The van der Waals surface area contributed by atoms with Gasteiger partial charge in [0.05, 0.1) is 31.9 Å². The van der Waals surface area contributed by atoms with E-state index in [4.69, 9.17) is 23.9 Å². The quantitative estimate of drug-likeness (QED) is 0.546. The van der Waals surface area contributed by atoms with Gasteiger partial charge in [0.15, 0.2) is 16.3 Å². The lowest BCUT2D eigenvalue weighted by Gasteiger charge is -2.44. The maximum absolute atomic E-state index is 13.6. The average molecular weight is 467 g/mol. The fraction of sp³-hybridized carbons (Fsp3) is 0.292. The van der Waals surface area contributed by atoms with E-state index in [0.29, 0.717) is 26.6 Å². The van der Waals surface area contributed by atoms with Crippen molar-refractivity contribution >= 4 is 23.4 Å². The van der Waals surface area contributed by atoms with Gasteiger partial charge in [0.1, 0.15) is 11.7 Å². The summed E-state index contributed by atoms with van der Waals surface area (Å²) in [6.45, 7) is 1.75. The molecule has 2 bridgehead atoms. The molecule has 0 fully saturated rings.